The fourth-order valence-electron chi connectivity index (χ4n) is 2.57. The molecule has 0 unspecified atom stereocenters. The molecule has 2 rings (SSSR count). The number of ketones is 1. The number of nitrogens with one attached hydrogen (secondary N) is 1. The lowest BCUT2D eigenvalue weighted by atomic mass is 10.1. The summed E-state index contributed by atoms with van der Waals surface area (Å²) in [6, 6.07) is 14.0. The summed E-state index contributed by atoms with van der Waals surface area (Å²) in [7, 11) is 0. The maximum absolute atomic E-state index is 12.4. The lowest BCUT2D eigenvalue weighted by molar-refractivity contribution is -0.120. The van der Waals surface area contributed by atoms with Gasteiger partial charge in [-0.25, -0.2) is 5.43 Å². The van der Waals surface area contributed by atoms with Crippen LogP contribution in [0.15, 0.2) is 53.6 Å². The van der Waals surface area contributed by atoms with Gasteiger partial charge in [0.25, 0.3) is 0 Å². The number of unbranched alkanes of at least 4 members (excludes halogenated alkanes) is 3. The van der Waals surface area contributed by atoms with Gasteiger partial charge in [-0.1, -0.05) is 62.1 Å². The zero-order valence-electron chi connectivity index (χ0n) is 16.0. The highest BCUT2D eigenvalue weighted by atomic mass is 35.5. The van der Waals surface area contributed by atoms with Crippen LogP contribution in [0.1, 0.15) is 48.5 Å². The lowest BCUT2D eigenvalue weighted by Crippen LogP contribution is -2.20. The van der Waals surface area contributed by atoms with Crippen molar-refractivity contribution >= 4 is 29.5 Å². The summed E-state index contributed by atoms with van der Waals surface area (Å²) in [6.45, 7) is 2.72. The van der Waals surface area contributed by atoms with E-state index in [9.17, 15) is 9.59 Å². The van der Waals surface area contributed by atoms with Crippen LogP contribution in [0.4, 0.5) is 0 Å². The predicted octanol–water partition coefficient (Wildman–Crippen LogP) is 4.83. The third-order valence-electron chi connectivity index (χ3n) is 4.06. The Labute approximate surface area is 170 Å². The molecule has 0 aliphatic rings. The van der Waals surface area contributed by atoms with Gasteiger partial charge in [0.05, 0.1) is 24.8 Å². The van der Waals surface area contributed by atoms with Crippen LogP contribution in [0.3, 0.4) is 0 Å². The zero-order valence-corrected chi connectivity index (χ0v) is 16.7. The summed E-state index contributed by atoms with van der Waals surface area (Å²) in [4.78, 5) is 24.3. The molecule has 2 aromatic carbocycles. The summed E-state index contributed by atoms with van der Waals surface area (Å²) in [6.07, 6.45) is 5.64. The molecule has 1 amide bonds. The minimum atomic E-state index is -0.323. The predicted molar refractivity (Wildman–Crippen MR) is 112 cm³/mol. The van der Waals surface area contributed by atoms with Crippen molar-refractivity contribution in [2.45, 2.75) is 39.0 Å². The van der Waals surface area contributed by atoms with Crippen molar-refractivity contribution in [2.24, 2.45) is 5.10 Å². The van der Waals surface area contributed by atoms with Gasteiger partial charge in [-0.05, 0) is 36.2 Å². The van der Waals surface area contributed by atoms with Gasteiger partial charge in [0.15, 0.2) is 0 Å². The van der Waals surface area contributed by atoms with Crippen molar-refractivity contribution in [1.29, 1.82) is 0 Å². The Kier molecular flexibility index (Phi) is 9.22. The van der Waals surface area contributed by atoms with Crippen molar-refractivity contribution < 1.29 is 14.3 Å². The number of ether oxygens (including phenoxy) is 1. The van der Waals surface area contributed by atoms with E-state index in [4.69, 9.17) is 16.3 Å². The Morgan fingerprint density at radius 2 is 1.82 bits per heavy atom. The largest absolute Gasteiger partial charge is 0.493 e. The van der Waals surface area contributed by atoms with Crippen molar-refractivity contribution in [3.8, 4) is 5.75 Å². The fraction of sp³-hybridized carbons (Fsp3) is 0.318. The number of benzene rings is 2. The first-order valence-electron chi connectivity index (χ1n) is 9.42. The smallest absolute Gasteiger partial charge is 0.244 e. The molecule has 0 heterocycles. The second-order valence-corrected chi connectivity index (χ2v) is 6.80. The summed E-state index contributed by atoms with van der Waals surface area (Å²) in [5.41, 5.74) is 3.60. The van der Waals surface area contributed by atoms with E-state index < -0.39 is 0 Å². The molecule has 6 heteroatoms. The zero-order chi connectivity index (χ0) is 20.2. The highest BCUT2D eigenvalue weighted by Crippen LogP contribution is 2.18. The minimum absolute atomic E-state index is 0.153. The Morgan fingerprint density at radius 3 is 2.57 bits per heavy atom. The van der Waals surface area contributed by atoms with Crippen molar-refractivity contribution in [3.63, 3.8) is 0 Å². The monoisotopic (exact) mass is 400 g/mol. The van der Waals surface area contributed by atoms with Crippen LogP contribution in [0.2, 0.25) is 5.02 Å². The number of para-hydroxylation sites is 1. The summed E-state index contributed by atoms with van der Waals surface area (Å²) in [5, 5.41) is 4.38. The van der Waals surface area contributed by atoms with Gasteiger partial charge in [-0.3, -0.25) is 9.59 Å². The first-order valence-corrected chi connectivity index (χ1v) is 9.80. The van der Waals surface area contributed by atoms with Crippen LogP contribution < -0.4 is 10.2 Å². The molecule has 0 radical (unpaired) electrons. The van der Waals surface area contributed by atoms with Crippen molar-refractivity contribution in [1.82, 2.24) is 5.43 Å². The quantitative estimate of drug-likeness (QED) is 0.254. The van der Waals surface area contributed by atoms with Crippen LogP contribution in [0.5, 0.6) is 5.75 Å². The van der Waals surface area contributed by atoms with Crippen LogP contribution in [-0.2, 0) is 11.2 Å². The third-order valence-corrected chi connectivity index (χ3v) is 4.31. The summed E-state index contributed by atoms with van der Waals surface area (Å²) >= 11 is 5.82. The normalized spacial score (nSPS) is 10.8. The summed E-state index contributed by atoms with van der Waals surface area (Å²) in [5.74, 6) is -0.106. The highest BCUT2D eigenvalue weighted by molar-refractivity contribution is 6.36. The Bertz CT molecular complexity index is 804. The van der Waals surface area contributed by atoms with Crippen LogP contribution >= 0.6 is 11.6 Å². The number of hydrazone groups is 1. The van der Waals surface area contributed by atoms with Crippen molar-refractivity contribution in [2.75, 3.05) is 6.61 Å². The fourth-order valence-corrected chi connectivity index (χ4v) is 2.69. The number of amides is 1. The molecule has 0 bridgehead atoms. The molecule has 0 saturated carbocycles. The van der Waals surface area contributed by atoms with E-state index in [1.54, 1.807) is 42.5 Å². The number of Topliss-reactive ketones (excluding diaryl/α,β-unsaturated/α-hetero) is 1. The van der Waals surface area contributed by atoms with E-state index in [1.807, 2.05) is 6.07 Å². The number of hydrogen-bond donors (Lipinski definition) is 1. The third kappa shape index (κ3) is 7.53. The number of carbonyl (C=O) groups is 2. The van der Waals surface area contributed by atoms with E-state index in [2.05, 4.69) is 17.5 Å². The number of rotatable bonds is 11. The maximum Gasteiger partial charge on any atom is 0.244 e. The SMILES string of the molecule is CCCCCCOc1ccccc1C(=O)/C=N\NC(=O)Cc1ccc(Cl)cc1. The van der Waals surface area contributed by atoms with Gasteiger partial charge in [-0.2, -0.15) is 5.10 Å². The average Bonchev–Trinajstić information content (AvgIpc) is 2.70. The minimum Gasteiger partial charge on any atom is -0.493 e. The molecule has 28 heavy (non-hydrogen) atoms. The van der Waals surface area contributed by atoms with Crippen LogP contribution in [0, 0.1) is 0 Å². The standard InChI is InChI=1S/C22H25ClN2O3/c1-2-3-4-7-14-28-21-9-6-5-8-19(21)20(26)16-24-25-22(27)15-17-10-12-18(23)13-11-17/h5-6,8-13,16H,2-4,7,14-15H2,1H3,(H,25,27)/b24-16-. The van der Waals surface area contributed by atoms with Crippen molar-refractivity contribution in [3.05, 3.63) is 64.7 Å². The van der Waals surface area contributed by atoms with Crippen LogP contribution in [0.25, 0.3) is 0 Å². The molecule has 2 aromatic rings. The average molecular weight is 401 g/mol. The molecule has 0 spiro atoms. The van der Waals surface area contributed by atoms with E-state index in [-0.39, 0.29) is 18.1 Å². The van der Waals surface area contributed by atoms with Gasteiger partial charge in [0.1, 0.15) is 5.75 Å². The topological polar surface area (TPSA) is 67.8 Å². The second-order valence-electron chi connectivity index (χ2n) is 6.37. The molecule has 0 saturated heterocycles. The molecule has 1 N–H and O–H groups in total. The molecule has 148 valence electrons. The second kappa shape index (κ2) is 11.9. The van der Waals surface area contributed by atoms with E-state index in [1.165, 1.54) is 6.42 Å². The summed E-state index contributed by atoms with van der Waals surface area (Å²) < 4.78 is 5.74. The first-order chi connectivity index (χ1) is 13.6. The number of carbonyl (C=O) groups excluding carboxylic acids is 2. The lowest BCUT2D eigenvalue weighted by Gasteiger charge is -2.09. The van der Waals surface area contributed by atoms with E-state index >= 15 is 0 Å². The molecule has 0 aliphatic carbocycles. The van der Waals surface area contributed by atoms with Gasteiger partial charge < -0.3 is 4.74 Å². The number of nitrogens with zero attached hydrogens (tertiary/aromatic N) is 1. The molecular formula is C22H25ClN2O3. The molecule has 5 nitrogen and oxygen atoms in total. The Balaban J connectivity index is 1.86. The highest BCUT2D eigenvalue weighted by Gasteiger charge is 2.10. The van der Waals surface area contributed by atoms with E-state index in [0.29, 0.717) is 22.9 Å². The van der Waals surface area contributed by atoms with Crippen LogP contribution in [-0.4, -0.2) is 24.5 Å². The molecule has 0 aromatic heterocycles. The van der Waals surface area contributed by atoms with Gasteiger partial charge >= 0.3 is 0 Å². The van der Waals surface area contributed by atoms with Gasteiger partial charge in [0, 0.05) is 5.02 Å². The number of halogens is 1. The number of hydrogen-bond acceptors (Lipinski definition) is 4. The van der Waals surface area contributed by atoms with Gasteiger partial charge in [0.2, 0.25) is 11.7 Å². The van der Waals surface area contributed by atoms with Gasteiger partial charge in [-0.15, -0.1) is 0 Å². The molecule has 0 fully saturated rings. The Hall–Kier alpha value is -2.66. The van der Waals surface area contributed by atoms with E-state index in [0.717, 1.165) is 31.0 Å². The molecule has 0 atom stereocenters. The molecular weight excluding hydrogens is 376 g/mol. The Morgan fingerprint density at radius 1 is 1.07 bits per heavy atom. The maximum atomic E-state index is 12.4. The first kappa shape index (κ1) is 21.6. The molecule has 0 aliphatic heterocycles.